The molecule has 19 heavy (non-hydrogen) atoms. The van der Waals surface area contributed by atoms with Crippen LogP contribution < -0.4 is 4.74 Å². The van der Waals surface area contributed by atoms with Crippen molar-refractivity contribution >= 4 is 0 Å². The van der Waals surface area contributed by atoms with E-state index in [1.165, 1.54) is 0 Å². The molecule has 0 heterocycles. The second-order valence-corrected chi connectivity index (χ2v) is 5.27. The van der Waals surface area contributed by atoms with Crippen LogP contribution in [0.5, 0.6) is 5.75 Å². The molecule has 0 aliphatic heterocycles. The molecule has 1 N–H and O–H groups in total. The van der Waals surface area contributed by atoms with E-state index < -0.39 is 0 Å². The number of aryl methyl sites for hydroxylation is 1. The molecule has 104 valence electrons. The van der Waals surface area contributed by atoms with Gasteiger partial charge in [-0.05, 0) is 45.4 Å². The van der Waals surface area contributed by atoms with E-state index in [4.69, 9.17) is 14.6 Å². The quantitative estimate of drug-likeness (QED) is 0.669. The predicted molar refractivity (Wildman–Crippen MR) is 76.3 cm³/mol. The zero-order valence-corrected chi connectivity index (χ0v) is 12.1. The summed E-state index contributed by atoms with van der Waals surface area (Å²) in [4.78, 5) is 0. The van der Waals surface area contributed by atoms with Crippen LogP contribution >= 0.6 is 0 Å². The third-order valence-corrected chi connectivity index (χ3v) is 2.31. The summed E-state index contributed by atoms with van der Waals surface area (Å²) in [5, 5.41) is 8.76. The SMILES string of the molecule is Cc1ccc(OCCOC(C)(C)C)c(C#CCO)c1. The third kappa shape index (κ3) is 6.28. The van der Waals surface area contributed by atoms with Gasteiger partial charge in [0.2, 0.25) is 0 Å². The molecule has 0 bridgehead atoms. The highest BCUT2D eigenvalue weighted by atomic mass is 16.5. The molecule has 0 saturated carbocycles. The standard InChI is InChI=1S/C16H22O3/c1-13-7-8-15(14(12-13)6-5-9-17)18-10-11-19-16(2,3)4/h7-8,12,17H,9-11H2,1-4H3. The lowest BCUT2D eigenvalue weighted by atomic mass is 10.1. The average Bonchev–Trinajstić information content (AvgIpc) is 2.32. The topological polar surface area (TPSA) is 38.7 Å². The fraction of sp³-hybridized carbons (Fsp3) is 0.500. The number of aliphatic hydroxyl groups excluding tert-OH is 1. The fourth-order valence-electron chi connectivity index (χ4n) is 1.50. The Morgan fingerprint density at radius 1 is 1.21 bits per heavy atom. The molecule has 1 aromatic rings. The molecule has 0 radical (unpaired) electrons. The minimum atomic E-state index is -0.157. The smallest absolute Gasteiger partial charge is 0.135 e. The first kappa shape index (κ1) is 15.6. The first-order valence-corrected chi connectivity index (χ1v) is 6.39. The monoisotopic (exact) mass is 262 g/mol. The minimum Gasteiger partial charge on any atom is -0.490 e. The van der Waals surface area contributed by atoms with E-state index in [0.29, 0.717) is 13.2 Å². The maximum atomic E-state index is 8.76. The van der Waals surface area contributed by atoms with Crippen molar-refractivity contribution in [2.24, 2.45) is 0 Å². The van der Waals surface area contributed by atoms with Crippen molar-refractivity contribution in [1.29, 1.82) is 0 Å². The molecule has 0 spiro atoms. The molecular formula is C16H22O3. The zero-order valence-electron chi connectivity index (χ0n) is 12.1. The van der Waals surface area contributed by atoms with E-state index in [1.54, 1.807) is 0 Å². The molecule has 1 aromatic carbocycles. The highest BCUT2D eigenvalue weighted by Gasteiger charge is 2.09. The van der Waals surface area contributed by atoms with Gasteiger partial charge in [0.15, 0.2) is 0 Å². The fourth-order valence-corrected chi connectivity index (χ4v) is 1.50. The van der Waals surface area contributed by atoms with E-state index >= 15 is 0 Å². The van der Waals surface area contributed by atoms with Crippen molar-refractivity contribution in [2.75, 3.05) is 19.8 Å². The Kier molecular flexibility index (Phi) is 5.88. The lowest BCUT2D eigenvalue weighted by Gasteiger charge is -2.19. The molecule has 0 saturated heterocycles. The van der Waals surface area contributed by atoms with Crippen molar-refractivity contribution in [3.05, 3.63) is 29.3 Å². The van der Waals surface area contributed by atoms with Crippen molar-refractivity contribution in [3.63, 3.8) is 0 Å². The van der Waals surface area contributed by atoms with E-state index in [0.717, 1.165) is 16.9 Å². The van der Waals surface area contributed by atoms with E-state index in [9.17, 15) is 0 Å². The van der Waals surface area contributed by atoms with E-state index in [1.807, 2.05) is 45.9 Å². The van der Waals surface area contributed by atoms with Gasteiger partial charge in [-0.3, -0.25) is 0 Å². The number of hydrogen-bond acceptors (Lipinski definition) is 3. The summed E-state index contributed by atoms with van der Waals surface area (Å²) in [6.45, 7) is 8.89. The van der Waals surface area contributed by atoms with Gasteiger partial charge in [0.05, 0.1) is 17.8 Å². The van der Waals surface area contributed by atoms with Crippen LogP contribution in [0, 0.1) is 18.8 Å². The summed E-state index contributed by atoms with van der Waals surface area (Å²) in [5.74, 6) is 6.26. The highest BCUT2D eigenvalue weighted by Crippen LogP contribution is 2.19. The summed E-state index contributed by atoms with van der Waals surface area (Å²) in [7, 11) is 0. The minimum absolute atomic E-state index is 0.152. The average molecular weight is 262 g/mol. The van der Waals surface area contributed by atoms with E-state index in [2.05, 4.69) is 11.8 Å². The first-order chi connectivity index (χ1) is 8.92. The molecular weight excluding hydrogens is 240 g/mol. The molecule has 0 aliphatic rings. The molecule has 3 heteroatoms. The molecule has 3 nitrogen and oxygen atoms in total. The largest absolute Gasteiger partial charge is 0.490 e. The van der Waals surface area contributed by atoms with Crippen LogP contribution in [0.25, 0.3) is 0 Å². The number of aliphatic hydroxyl groups is 1. The normalized spacial score (nSPS) is 10.8. The Morgan fingerprint density at radius 3 is 2.58 bits per heavy atom. The first-order valence-electron chi connectivity index (χ1n) is 6.39. The van der Waals surface area contributed by atoms with Crippen LogP contribution in [-0.4, -0.2) is 30.5 Å². The Bertz CT molecular complexity index is 461. The maximum Gasteiger partial charge on any atom is 0.135 e. The van der Waals surface area contributed by atoms with Crippen LogP contribution in [0.1, 0.15) is 31.9 Å². The lowest BCUT2D eigenvalue weighted by Crippen LogP contribution is -2.22. The molecule has 0 aromatic heterocycles. The number of benzene rings is 1. The molecule has 0 atom stereocenters. The summed E-state index contributed by atoms with van der Waals surface area (Å²) in [6, 6.07) is 5.82. The summed E-state index contributed by atoms with van der Waals surface area (Å²) < 4.78 is 11.3. The van der Waals surface area contributed by atoms with Gasteiger partial charge in [0, 0.05) is 0 Å². The van der Waals surface area contributed by atoms with Crippen LogP contribution in [0.2, 0.25) is 0 Å². The summed E-state index contributed by atoms with van der Waals surface area (Å²) in [6.07, 6.45) is 0. The Labute approximate surface area is 115 Å². The van der Waals surface area contributed by atoms with Gasteiger partial charge >= 0.3 is 0 Å². The third-order valence-electron chi connectivity index (χ3n) is 2.31. The molecule has 1 rings (SSSR count). The molecule has 0 aliphatic carbocycles. The second-order valence-electron chi connectivity index (χ2n) is 5.27. The molecule has 0 amide bonds. The van der Waals surface area contributed by atoms with Crippen molar-refractivity contribution < 1.29 is 14.6 Å². The number of rotatable bonds is 4. The van der Waals surface area contributed by atoms with Crippen molar-refractivity contribution in [1.82, 2.24) is 0 Å². The highest BCUT2D eigenvalue weighted by molar-refractivity contribution is 5.48. The van der Waals surface area contributed by atoms with Gasteiger partial charge in [-0.1, -0.05) is 17.9 Å². The van der Waals surface area contributed by atoms with Gasteiger partial charge in [0.1, 0.15) is 19.0 Å². The molecule has 0 fully saturated rings. The van der Waals surface area contributed by atoms with Gasteiger partial charge < -0.3 is 14.6 Å². The van der Waals surface area contributed by atoms with Gasteiger partial charge in [-0.2, -0.15) is 0 Å². The van der Waals surface area contributed by atoms with Crippen LogP contribution in [0.3, 0.4) is 0 Å². The maximum absolute atomic E-state index is 8.76. The van der Waals surface area contributed by atoms with Crippen LogP contribution in [0.15, 0.2) is 18.2 Å². The number of hydrogen-bond donors (Lipinski definition) is 1. The van der Waals surface area contributed by atoms with Crippen molar-refractivity contribution in [2.45, 2.75) is 33.3 Å². The Morgan fingerprint density at radius 2 is 1.95 bits per heavy atom. The Hall–Kier alpha value is -1.50. The van der Waals surface area contributed by atoms with Crippen LogP contribution in [0.4, 0.5) is 0 Å². The predicted octanol–water partition coefficient (Wildman–Crippen LogP) is 2.53. The van der Waals surface area contributed by atoms with Gasteiger partial charge in [-0.15, -0.1) is 0 Å². The summed E-state index contributed by atoms with van der Waals surface area (Å²) in [5.41, 5.74) is 1.75. The number of ether oxygens (including phenoxy) is 2. The van der Waals surface area contributed by atoms with Crippen LogP contribution in [-0.2, 0) is 4.74 Å². The van der Waals surface area contributed by atoms with Crippen molar-refractivity contribution in [3.8, 4) is 17.6 Å². The van der Waals surface area contributed by atoms with Gasteiger partial charge in [0.25, 0.3) is 0 Å². The Balaban J connectivity index is 2.62. The molecule has 0 unspecified atom stereocenters. The second kappa shape index (κ2) is 7.18. The lowest BCUT2D eigenvalue weighted by molar-refractivity contribution is -0.0163. The zero-order chi connectivity index (χ0) is 14.3. The van der Waals surface area contributed by atoms with E-state index in [-0.39, 0.29) is 12.2 Å². The summed E-state index contributed by atoms with van der Waals surface area (Å²) >= 11 is 0. The van der Waals surface area contributed by atoms with Gasteiger partial charge in [-0.25, -0.2) is 0 Å².